The summed E-state index contributed by atoms with van der Waals surface area (Å²) in [7, 11) is 1.79. The van der Waals surface area contributed by atoms with Crippen molar-refractivity contribution in [3.8, 4) is 11.5 Å². The van der Waals surface area contributed by atoms with E-state index in [9.17, 15) is 5.11 Å². The number of rotatable bonds is 3. The van der Waals surface area contributed by atoms with Gasteiger partial charge in [-0.3, -0.25) is 4.68 Å². The highest BCUT2D eigenvalue weighted by Gasteiger charge is 2.02. The van der Waals surface area contributed by atoms with E-state index in [-0.39, 0.29) is 5.75 Å². The van der Waals surface area contributed by atoms with Crippen LogP contribution in [0.1, 0.15) is 5.69 Å². The zero-order chi connectivity index (χ0) is 10.7. The number of para-hydroxylation sites is 2. The van der Waals surface area contributed by atoms with E-state index in [0.717, 1.165) is 5.69 Å². The molecule has 0 amide bonds. The minimum Gasteiger partial charge on any atom is -0.504 e. The van der Waals surface area contributed by atoms with Gasteiger partial charge in [-0.15, -0.1) is 5.10 Å². The Bertz CT molecular complexity index is 453. The van der Waals surface area contributed by atoms with Gasteiger partial charge in [0, 0.05) is 7.05 Å². The summed E-state index contributed by atoms with van der Waals surface area (Å²) in [6.45, 7) is 0.297. The first-order valence-electron chi connectivity index (χ1n) is 4.52. The second kappa shape index (κ2) is 4.00. The van der Waals surface area contributed by atoms with Crippen LogP contribution in [0.3, 0.4) is 0 Å². The predicted molar refractivity (Wildman–Crippen MR) is 53.4 cm³/mol. The van der Waals surface area contributed by atoms with E-state index in [4.69, 9.17) is 4.74 Å². The summed E-state index contributed by atoms with van der Waals surface area (Å²) in [6, 6.07) is 6.81. The summed E-state index contributed by atoms with van der Waals surface area (Å²) in [5.41, 5.74) is 0.723. The van der Waals surface area contributed by atoms with Crippen LogP contribution in [0.4, 0.5) is 0 Å². The van der Waals surface area contributed by atoms with Crippen LogP contribution in [-0.4, -0.2) is 20.1 Å². The largest absolute Gasteiger partial charge is 0.504 e. The maximum Gasteiger partial charge on any atom is 0.161 e. The second-order valence-electron chi connectivity index (χ2n) is 3.14. The molecule has 1 aromatic carbocycles. The number of ether oxygens (including phenoxy) is 1. The average Bonchev–Trinajstić information content (AvgIpc) is 2.63. The van der Waals surface area contributed by atoms with E-state index in [1.54, 1.807) is 42.2 Å². The van der Waals surface area contributed by atoms with E-state index >= 15 is 0 Å². The van der Waals surface area contributed by atoms with Crippen LogP contribution < -0.4 is 4.74 Å². The molecule has 5 nitrogen and oxygen atoms in total. The second-order valence-corrected chi connectivity index (χ2v) is 3.14. The molecule has 78 valence electrons. The van der Waals surface area contributed by atoms with E-state index in [0.29, 0.717) is 12.4 Å². The monoisotopic (exact) mass is 205 g/mol. The fourth-order valence-electron chi connectivity index (χ4n) is 1.19. The molecule has 1 heterocycles. The van der Waals surface area contributed by atoms with Crippen LogP contribution in [0.5, 0.6) is 11.5 Å². The van der Waals surface area contributed by atoms with Gasteiger partial charge in [-0.1, -0.05) is 17.3 Å². The molecule has 1 aromatic heterocycles. The summed E-state index contributed by atoms with van der Waals surface area (Å²) < 4.78 is 6.97. The Balaban J connectivity index is 2.02. The zero-order valence-electron chi connectivity index (χ0n) is 8.29. The van der Waals surface area contributed by atoms with Crippen molar-refractivity contribution in [2.24, 2.45) is 7.05 Å². The van der Waals surface area contributed by atoms with Gasteiger partial charge in [0.25, 0.3) is 0 Å². The predicted octanol–water partition coefficient (Wildman–Crippen LogP) is 1.10. The maximum atomic E-state index is 9.43. The average molecular weight is 205 g/mol. The molecule has 2 rings (SSSR count). The Morgan fingerprint density at radius 3 is 2.87 bits per heavy atom. The Morgan fingerprint density at radius 2 is 2.20 bits per heavy atom. The SMILES string of the molecule is Cn1cc(COc2ccccc2O)nn1. The van der Waals surface area contributed by atoms with Crippen LogP contribution in [0.2, 0.25) is 0 Å². The van der Waals surface area contributed by atoms with Crippen LogP contribution in [0.25, 0.3) is 0 Å². The van der Waals surface area contributed by atoms with E-state index in [1.807, 2.05) is 0 Å². The molecule has 5 heteroatoms. The number of hydrogen-bond donors (Lipinski definition) is 1. The lowest BCUT2D eigenvalue weighted by atomic mass is 10.3. The topological polar surface area (TPSA) is 60.2 Å². The first kappa shape index (κ1) is 9.51. The third-order valence-electron chi connectivity index (χ3n) is 1.89. The first-order valence-corrected chi connectivity index (χ1v) is 4.52. The van der Waals surface area contributed by atoms with E-state index < -0.39 is 0 Å². The maximum absolute atomic E-state index is 9.43. The molecule has 0 saturated heterocycles. The van der Waals surface area contributed by atoms with Crippen molar-refractivity contribution >= 4 is 0 Å². The summed E-state index contributed by atoms with van der Waals surface area (Å²) in [5, 5.41) is 17.1. The Labute approximate surface area is 86.9 Å². The van der Waals surface area contributed by atoms with Gasteiger partial charge in [0.05, 0.1) is 6.20 Å². The lowest BCUT2D eigenvalue weighted by Gasteiger charge is -2.04. The van der Waals surface area contributed by atoms with Crippen LogP contribution in [0, 0.1) is 0 Å². The van der Waals surface area contributed by atoms with Gasteiger partial charge in [0.2, 0.25) is 0 Å². The number of phenols is 1. The molecule has 0 aliphatic carbocycles. The normalized spacial score (nSPS) is 10.2. The molecular formula is C10H11N3O2. The fraction of sp³-hybridized carbons (Fsp3) is 0.200. The van der Waals surface area contributed by atoms with Crippen LogP contribution in [0.15, 0.2) is 30.5 Å². The lowest BCUT2D eigenvalue weighted by Crippen LogP contribution is -1.95. The molecule has 0 aliphatic rings. The molecule has 0 aliphatic heterocycles. The summed E-state index contributed by atoms with van der Waals surface area (Å²) >= 11 is 0. The summed E-state index contributed by atoms with van der Waals surface area (Å²) in [5.74, 6) is 0.574. The lowest BCUT2D eigenvalue weighted by molar-refractivity contribution is 0.285. The Morgan fingerprint density at radius 1 is 1.40 bits per heavy atom. The number of phenolic OH excluding ortho intramolecular Hbond substituents is 1. The smallest absolute Gasteiger partial charge is 0.161 e. The highest BCUT2D eigenvalue weighted by molar-refractivity contribution is 5.37. The highest BCUT2D eigenvalue weighted by Crippen LogP contribution is 2.24. The zero-order valence-corrected chi connectivity index (χ0v) is 8.29. The van der Waals surface area contributed by atoms with Gasteiger partial charge in [0.1, 0.15) is 12.3 Å². The van der Waals surface area contributed by atoms with Crippen LogP contribution >= 0.6 is 0 Å². The van der Waals surface area contributed by atoms with Crippen molar-refractivity contribution in [2.45, 2.75) is 6.61 Å². The number of aryl methyl sites for hydroxylation is 1. The molecule has 0 radical (unpaired) electrons. The van der Waals surface area contributed by atoms with E-state index in [2.05, 4.69) is 10.3 Å². The number of hydrogen-bond acceptors (Lipinski definition) is 4. The Kier molecular flexibility index (Phi) is 2.53. The van der Waals surface area contributed by atoms with Gasteiger partial charge in [0.15, 0.2) is 11.5 Å². The molecule has 0 bridgehead atoms. The molecule has 1 N–H and O–H groups in total. The first-order chi connectivity index (χ1) is 7.25. The van der Waals surface area contributed by atoms with Crippen LogP contribution in [-0.2, 0) is 13.7 Å². The molecular weight excluding hydrogens is 194 g/mol. The number of aromatic nitrogens is 3. The van der Waals surface area contributed by atoms with Crippen molar-refractivity contribution < 1.29 is 9.84 Å². The quantitative estimate of drug-likeness (QED) is 0.815. The third kappa shape index (κ3) is 2.25. The van der Waals surface area contributed by atoms with Crippen molar-refractivity contribution in [3.05, 3.63) is 36.2 Å². The minimum absolute atomic E-state index is 0.126. The molecule has 2 aromatic rings. The molecule has 0 fully saturated rings. The summed E-state index contributed by atoms with van der Waals surface area (Å²) in [4.78, 5) is 0. The number of benzene rings is 1. The van der Waals surface area contributed by atoms with Crippen molar-refractivity contribution in [3.63, 3.8) is 0 Å². The highest BCUT2D eigenvalue weighted by atomic mass is 16.5. The standard InChI is InChI=1S/C10H11N3O2/c1-13-6-8(11-12-13)7-15-10-5-3-2-4-9(10)14/h2-6,14H,7H2,1H3. The molecule has 0 saturated carbocycles. The third-order valence-corrected chi connectivity index (χ3v) is 1.89. The van der Waals surface area contributed by atoms with Gasteiger partial charge >= 0.3 is 0 Å². The fourth-order valence-corrected chi connectivity index (χ4v) is 1.19. The molecule has 15 heavy (non-hydrogen) atoms. The molecule has 0 unspecified atom stereocenters. The van der Waals surface area contributed by atoms with Crippen molar-refractivity contribution in [2.75, 3.05) is 0 Å². The van der Waals surface area contributed by atoms with Gasteiger partial charge in [-0.2, -0.15) is 0 Å². The van der Waals surface area contributed by atoms with Gasteiger partial charge < -0.3 is 9.84 Å². The van der Waals surface area contributed by atoms with E-state index in [1.165, 1.54) is 0 Å². The van der Waals surface area contributed by atoms with Gasteiger partial charge in [-0.25, -0.2) is 0 Å². The minimum atomic E-state index is 0.126. The van der Waals surface area contributed by atoms with Gasteiger partial charge in [-0.05, 0) is 12.1 Å². The van der Waals surface area contributed by atoms with Crippen molar-refractivity contribution in [1.82, 2.24) is 15.0 Å². The summed E-state index contributed by atoms with van der Waals surface area (Å²) in [6.07, 6.45) is 1.76. The number of aromatic hydroxyl groups is 1. The molecule has 0 atom stereocenters. The molecule has 0 spiro atoms. The van der Waals surface area contributed by atoms with Crippen molar-refractivity contribution in [1.29, 1.82) is 0 Å². The number of nitrogens with zero attached hydrogens (tertiary/aromatic N) is 3. The Hall–Kier alpha value is -2.04.